The van der Waals surface area contributed by atoms with E-state index < -0.39 is 11.4 Å². The lowest BCUT2D eigenvalue weighted by atomic mass is 9.82. The maximum absolute atomic E-state index is 13.9. The zero-order chi connectivity index (χ0) is 14.6. The van der Waals surface area contributed by atoms with Crippen LogP contribution in [0.1, 0.15) is 19.8 Å². The van der Waals surface area contributed by atoms with Gasteiger partial charge in [0.25, 0.3) is 0 Å². The summed E-state index contributed by atoms with van der Waals surface area (Å²) < 4.78 is 19.2. The molecule has 1 aliphatic heterocycles. The molecule has 20 heavy (non-hydrogen) atoms. The summed E-state index contributed by atoms with van der Waals surface area (Å²) in [6.07, 6.45) is 1.29. The van der Waals surface area contributed by atoms with Crippen LogP contribution in [0.25, 0.3) is 0 Å². The number of hydrogen-bond acceptors (Lipinski definition) is 3. The predicted octanol–water partition coefficient (Wildman–Crippen LogP) is 2.53. The molecule has 0 amide bonds. The Labute approximate surface area is 118 Å². The predicted molar refractivity (Wildman–Crippen MR) is 74.4 cm³/mol. The third-order valence-electron chi connectivity index (χ3n) is 3.84. The van der Waals surface area contributed by atoms with Crippen molar-refractivity contribution < 1.29 is 19.0 Å². The molecule has 1 fully saturated rings. The molecule has 5 heteroatoms. The van der Waals surface area contributed by atoms with E-state index in [1.165, 1.54) is 6.07 Å². The number of para-hydroxylation sites is 1. The first-order valence-corrected chi connectivity index (χ1v) is 6.90. The highest BCUT2D eigenvalue weighted by molar-refractivity contribution is 5.76. The molecule has 1 unspecified atom stereocenters. The van der Waals surface area contributed by atoms with Crippen LogP contribution in [-0.4, -0.2) is 37.4 Å². The van der Waals surface area contributed by atoms with Crippen molar-refractivity contribution >= 4 is 11.7 Å². The van der Waals surface area contributed by atoms with Crippen LogP contribution in [0.4, 0.5) is 10.1 Å². The Morgan fingerprint density at radius 1 is 1.50 bits per heavy atom. The van der Waals surface area contributed by atoms with Gasteiger partial charge in [0.05, 0.1) is 12.3 Å². The zero-order valence-electron chi connectivity index (χ0n) is 11.6. The van der Waals surface area contributed by atoms with Crippen molar-refractivity contribution in [2.24, 2.45) is 5.41 Å². The lowest BCUT2D eigenvalue weighted by Crippen LogP contribution is -2.48. The van der Waals surface area contributed by atoms with Crippen LogP contribution in [0.15, 0.2) is 24.3 Å². The molecule has 1 aromatic rings. The summed E-state index contributed by atoms with van der Waals surface area (Å²) >= 11 is 0. The van der Waals surface area contributed by atoms with Crippen LogP contribution in [0.2, 0.25) is 0 Å². The molecule has 0 bridgehead atoms. The molecule has 1 atom stereocenters. The molecule has 2 rings (SSSR count). The zero-order valence-corrected chi connectivity index (χ0v) is 11.6. The van der Waals surface area contributed by atoms with E-state index in [0.29, 0.717) is 25.3 Å². The van der Waals surface area contributed by atoms with Gasteiger partial charge >= 0.3 is 5.97 Å². The second-order valence-electron chi connectivity index (χ2n) is 5.21. The van der Waals surface area contributed by atoms with Crippen LogP contribution in [0.3, 0.4) is 0 Å². The number of benzene rings is 1. The number of ether oxygens (including phenoxy) is 1. The summed E-state index contributed by atoms with van der Waals surface area (Å²) in [7, 11) is 0. The largest absolute Gasteiger partial charge is 0.481 e. The van der Waals surface area contributed by atoms with Gasteiger partial charge in [-0.3, -0.25) is 4.79 Å². The average Bonchev–Trinajstić information content (AvgIpc) is 2.46. The van der Waals surface area contributed by atoms with Crippen LogP contribution in [0, 0.1) is 11.2 Å². The number of hydrogen-bond donors (Lipinski definition) is 1. The smallest absolute Gasteiger partial charge is 0.313 e. The topological polar surface area (TPSA) is 49.8 Å². The normalized spacial score (nSPS) is 22.5. The van der Waals surface area contributed by atoms with Crippen molar-refractivity contribution in [2.75, 3.05) is 31.2 Å². The number of carbonyl (C=O) groups is 1. The quantitative estimate of drug-likeness (QED) is 0.901. The summed E-state index contributed by atoms with van der Waals surface area (Å²) in [4.78, 5) is 13.4. The second-order valence-corrected chi connectivity index (χ2v) is 5.21. The van der Waals surface area contributed by atoms with Crippen LogP contribution >= 0.6 is 0 Å². The van der Waals surface area contributed by atoms with Crippen molar-refractivity contribution in [2.45, 2.75) is 19.8 Å². The second kappa shape index (κ2) is 6.22. The monoisotopic (exact) mass is 281 g/mol. The molecule has 4 nitrogen and oxygen atoms in total. The van der Waals surface area contributed by atoms with E-state index in [-0.39, 0.29) is 19.0 Å². The maximum atomic E-state index is 13.9. The van der Waals surface area contributed by atoms with E-state index in [4.69, 9.17) is 4.74 Å². The molecule has 0 spiro atoms. The molecule has 110 valence electrons. The highest BCUT2D eigenvalue weighted by Crippen LogP contribution is 2.32. The van der Waals surface area contributed by atoms with Crippen molar-refractivity contribution in [1.82, 2.24) is 0 Å². The van der Waals surface area contributed by atoms with Gasteiger partial charge in [-0.15, -0.1) is 0 Å². The van der Waals surface area contributed by atoms with Crippen LogP contribution in [0.5, 0.6) is 0 Å². The number of rotatable bonds is 5. The fourth-order valence-corrected chi connectivity index (χ4v) is 2.65. The first-order chi connectivity index (χ1) is 9.59. The Balaban J connectivity index is 2.24. The number of nitrogens with zero attached hydrogens (tertiary/aromatic N) is 1. The lowest BCUT2D eigenvalue weighted by Gasteiger charge is -2.38. The SMILES string of the molecule is CCN(CC1(C(=O)O)CCCOC1)c1ccccc1F. The molecule has 1 heterocycles. The third kappa shape index (κ3) is 2.93. The third-order valence-corrected chi connectivity index (χ3v) is 3.84. The van der Waals surface area contributed by atoms with Crippen LogP contribution in [-0.2, 0) is 9.53 Å². The molecule has 1 aromatic carbocycles. The van der Waals surface area contributed by atoms with Gasteiger partial charge in [0.1, 0.15) is 11.2 Å². The number of carboxylic acid groups (broad SMARTS) is 1. The summed E-state index contributed by atoms with van der Waals surface area (Å²) in [6.45, 7) is 3.50. The molecule has 1 N–H and O–H groups in total. The molecule has 0 aromatic heterocycles. The molecule has 0 radical (unpaired) electrons. The molecular weight excluding hydrogens is 261 g/mol. The van der Waals surface area contributed by atoms with Gasteiger partial charge in [-0.1, -0.05) is 12.1 Å². The minimum Gasteiger partial charge on any atom is -0.481 e. The Kier molecular flexibility index (Phi) is 4.60. The van der Waals surface area contributed by atoms with E-state index in [2.05, 4.69) is 0 Å². The van der Waals surface area contributed by atoms with Crippen molar-refractivity contribution in [3.63, 3.8) is 0 Å². The fraction of sp³-hybridized carbons (Fsp3) is 0.533. The van der Waals surface area contributed by atoms with Crippen molar-refractivity contribution in [3.05, 3.63) is 30.1 Å². The number of aliphatic carboxylic acids is 1. The van der Waals surface area contributed by atoms with Gasteiger partial charge in [0.2, 0.25) is 0 Å². The van der Waals surface area contributed by atoms with Crippen molar-refractivity contribution in [3.8, 4) is 0 Å². The molecule has 0 aliphatic carbocycles. The van der Waals surface area contributed by atoms with Gasteiger partial charge in [-0.25, -0.2) is 4.39 Å². The summed E-state index contributed by atoms with van der Waals surface area (Å²) in [5.41, 5.74) is -0.502. The number of anilines is 1. The summed E-state index contributed by atoms with van der Waals surface area (Å²) in [6, 6.07) is 6.45. The molecule has 0 saturated carbocycles. The average molecular weight is 281 g/mol. The molecular formula is C15H20FNO3. The van der Waals surface area contributed by atoms with Gasteiger partial charge in [0.15, 0.2) is 0 Å². The summed E-state index contributed by atoms with van der Waals surface area (Å²) in [5, 5.41) is 9.55. The highest BCUT2D eigenvalue weighted by atomic mass is 19.1. The van der Waals surface area contributed by atoms with Gasteiger partial charge in [-0.05, 0) is 31.9 Å². The standard InChI is InChI=1S/C15H20FNO3/c1-2-17(13-7-4-3-6-12(13)16)10-15(14(18)19)8-5-9-20-11-15/h3-4,6-7H,2,5,8-11H2,1H3,(H,18,19). The molecule has 1 saturated heterocycles. The van der Waals surface area contributed by atoms with Crippen molar-refractivity contribution in [1.29, 1.82) is 0 Å². The van der Waals surface area contributed by atoms with Crippen LogP contribution < -0.4 is 4.90 Å². The van der Waals surface area contributed by atoms with Gasteiger partial charge in [-0.2, -0.15) is 0 Å². The number of halogens is 1. The molecule has 1 aliphatic rings. The Hall–Kier alpha value is -1.62. The Bertz CT molecular complexity index is 472. The number of carboxylic acids is 1. The lowest BCUT2D eigenvalue weighted by molar-refractivity contribution is -0.156. The van der Waals surface area contributed by atoms with Gasteiger partial charge in [0, 0.05) is 19.7 Å². The van der Waals surface area contributed by atoms with E-state index in [1.807, 2.05) is 6.92 Å². The minimum absolute atomic E-state index is 0.188. The Morgan fingerprint density at radius 2 is 2.25 bits per heavy atom. The minimum atomic E-state index is -0.948. The first kappa shape index (κ1) is 14.8. The maximum Gasteiger partial charge on any atom is 0.313 e. The highest BCUT2D eigenvalue weighted by Gasteiger charge is 2.42. The van der Waals surface area contributed by atoms with E-state index in [1.54, 1.807) is 23.1 Å². The van der Waals surface area contributed by atoms with E-state index in [9.17, 15) is 14.3 Å². The first-order valence-electron chi connectivity index (χ1n) is 6.90. The Morgan fingerprint density at radius 3 is 2.80 bits per heavy atom. The van der Waals surface area contributed by atoms with E-state index >= 15 is 0 Å². The van der Waals surface area contributed by atoms with Gasteiger partial charge < -0.3 is 14.7 Å². The summed E-state index contributed by atoms with van der Waals surface area (Å²) in [5.74, 6) is -1.20. The van der Waals surface area contributed by atoms with E-state index in [0.717, 1.165) is 6.42 Å². The fourth-order valence-electron chi connectivity index (χ4n) is 2.65.